The van der Waals surface area contributed by atoms with Crippen molar-refractivity contribution in [2.24, 2.45) is 23.7 Å². The maximum absolute atomic E-state index is 6.57. The van der Waals surface area contributed by atoms with E-state index in [4.69, 9.17) is 8.85 Å². The van der Waals surface area contributed by atoms with Gasteiger partial charge < -0.3 is 8.85 Å². The van der Waals surface area contributed by atoms with Crippen LogP contribution in [0.15, 0.2) is 0 Å². The molecule has 0 bridgehead atoms. The molecule has 4 nitrogen and oxygen atoms in total. The van der Waals surface area contributed by atoms with Crippen LogP contribution in [0.4, 0.5) is 0 Å². The zero-order valence-electron chi connectivity index (χ0n) is 18.8. The monoisotopic (exact) mass is 374 g/mol. The van der Waals surface area contributed by atoms with Gasteiger partial charge in [-0.25, -0.2) is 0 Å². The standard InChI is InChI=1S/C20H46N2O2Si/c1-11-23-25(24-12-2,21(13-17(3)4)14-18(5)6)22(15-19(7)8)16-20(9)10/h17-20H,11-16H2,1-10H3. The van der Waals surface area contributed by atoms with E-state index in [1.54, 1.807) is 0 Å². The summed E-state index contributed by atoms with van der Waals surface area (Å²) in [7, 11) is -2.64. The van der Waals surface area contributed by atoms with Crippen molar-refractivity contribution in [2.45, 2.75) is 69.2 Å². The lowest BCUT2D eigenvalue weighted by molar-refractivity contribution is 0.0457. The van der Waals surface area contributed by atoms with Gasteiger partial charge in [-0.15, -0.1) is 0 Å². The molecule has 0 rings (SSSR count). The van der Waals surface area contributed by atoms with Gasteiger partial charge in [-0.1, -0.05) is 55.4 Å². The predicted molar refractivity (Wildman–Crippen MR) is 112 cm³/mol. The van der Waals surface area contributed by atoms with E-state index in [1.807, 2.05) is 0 Å². The summed E-state index contributed by atoms with van der Waals surface area (Å²) in [5, 5.41) is 0. The minimum atomic E-state index is -2.64. The SMILES string of the molecule is CCO[Si](OCC)(N(CC(C)C)CC(C)C)N(CC(C)C)CC(C)C. The number of rotatable bonds is 14. The Morgan fingerprint density at radius 3 is 0.960 bits per heavy atom. The summed E-state index contributed by atoms with van der Waals surface area (Å²) < 4.78 is 18.3. The van der Waals surface area contributed by atoms with Gasteiger partial charge in [0.15, 0.2) is 0 Å². The van der Waals surface area contributed by atoms with Gasteiger partial charge in [0.1, 0.15) is 0 Å². The van der Waals surface area contributed by atoms with Crippen LogP contribution >= 0.6 is 0 Å². The van der Waals surface area contributed by atoms with E-state index in [-0.39, 0.29) is 0 Å². The summed E-state index contributed by atoms with van der Waals surface area (Å²) >= 11 is 0. The van der Waals surface area contributed by atoms with Gasteiger partial charge >= 0.3 is 8.88 Å². The molecule has 0 aromatic heterocycles. The van der Waals surface area contributed by atoms with Crippen molar-refractivity contribution in [1.29, 1.82) is 0 Å². The van der Waals surface area contributed by atoms with Crippen molar-refractivity contribution in [3.63, 3.8) is 0 Å². The maximum Gasteiger partial charge on any atom is 0.522 e. The van der Waals surface area contributed by atoms with Crippen LogP contribution in [0.3, 0.4) is 0 Å². The highest BCUT2D eigenvalue weighted by atomic mass is 28.4. The molecule has 0 atom stereocenters. The third-order valence-corrected chi connectivity index (χ3v) is 7.46. The highest BCUT2D eigenvalue weighted by molar-refractivity contribution is 6.61. The highest BCUT2D eigenvalue weighted by Gasteiger charge is 2.52. The molecule has 0 aliphatic carbocycles. The quantitative estimate of drug-likeness (QED) is 0.411. The fraction of sp³-hybridized carbons (Fsp3) is 1.00. The lowest BCUT2D eigenvalue weighted by Gasteiger charge is -2.47. The van der Waals surface area contributed by atoms with E-state index in [2.05, 4.69) is 78.4 Å². The van der Waals surface area contributed by atoms with Gasteiger partial charge in [0, 0.05) is 13.2 Å². The van der Waals surface area contributed by atoms with Crippen molar-refractivity contribution < 1.29 is 8.85 Å². The molecule has 152 valence electrons. The van der Waals surface area contributed by atoms with E-state index in [1.165, 1.54) is 0 Å². The van der Waals surface area contributed by atoms with Crippen LogP contribution in [0, 0.1) is 23.7 Å². The number of nitrogens with zero attached hydrogens (tertiary/aromatic N) is 2. The van der Waals surface area contributed by atoms with Gasteiger partial charge in [0.05, 0.1) is 0 Å². The third kappa shape index (κ3) is 9.00. The molecule has 0 spiro atoms. The van der Waals surface area contributed by atoms with Crippen molar-refractivity contribution in [3.8, 4) is 0 Å². The van der Waals surface area contributed by atoms with E-state index in [9.17, 15) is 0 Å². The molecule has 0 N–H and O–H groups in total. The highest BCUT2D eigenvalue weighted by Crippen LogP contribution is 2.25. The molecule has 0 amide bonds. The smallest absolute Gasteiger partial charge is 0.371 e. The first-order chi connectivity index (χ1) is 11.6. The van der Waals surface area contributed by atoms with Crippen LogP contribution in [0.5, 0.6) is 0 Å². The van der Waals surface area contributed by atoms with Crippen molar-refractivity contribution >= 4 is 8.88 Å². The average molecular weight is 375 g/mol. The van der Waals surface area contributed by atoms with Crippen LogP contribution in [0.1, 0.15) is 69.2 Å². The Bertz CT molecular complexity index is 284. The molecular weight excluding hydrogens is 328 g/mol. The Balaban J connectivity index is 6.00. The van der Waals surface area contributed by atoms with Gasteiger partial charge in [-0.05, 0) is 63.7 Å². The largest absolute Gasteiger partial charge is 0.522 e. The Hall–Kier alpha value is 0.0569. The first-order valence-electron chi connectivity index (χ1n) is 10.4. The fourth-order valence-electron chi connectivity index (χ4n) is 3.36. The minimum Gasteiger partial charge on any atom is -0.371 e. The van der Waals surface area contributed by atoms with E-state index < -0.39 is 8.88 Å². The minimum absolute atomic E-state index is 0.589. The molecule has 0 saturated carbocycles. The second-order valence-electron chi connectivity index (χ2n) is 8.80. The molecule has 0 fully saturated rings. The summed E-state index contributed by atoms with van der Waals surface area (Å²) in [6, 6.07) is 0. The maximum atomic E-state index is 6.57. The second kappa shape index (κ2) is 12.4. The third-order valence-electron chi connectivity index (χ3n) is 3.81. The second-order valence-corrected chi connectivity index (χ2v) is 11.7. The van der Waals surface area contributed by atoms with Gasteiger partial charge in [0.2, 0.25) is 0 Å². The number of hydrogen-bond donors (Lipinski definition) is 0. The zero-order chi connectivity index (χ0) is 19.6. The predicted octanol–water partition coefficient (Wildman–Crippen LogP) is 4.72. The van der Waals surface area contributed by atoms with Crippen LogP contribution < -0.4 is 0 Å². The summed E-state index contributed by atoms with van der Waals surface area (Å²) in [5.74, 6) is 2.36. The Morgan fingerprint density at radius 2 is 0.800 bits per heavy atom. The summed E-state index contributed by atoms with van der Waals surface area (Å²) in [5.41, 5.74) is 0. The number of hydrogen-bond acceptors (Lipinski definition) is 4. The first-order valence-corrected chi connectivity index (χ1v) is 12.1. The molecule has 0 aromatic rings. The van der Waals surface area contributed by atoms with Crippen LogP contribution in [-0.2, 0) is 8.85 Å². The van der Waals surface area contributed by atoms with Crippen molar-refractivity contribution in [2.75, 3.05) is 39.4 Å². The zero-order valence-corrected chi connectivity index (χ0v) is 19.8. The molecule has 0 heterocycles. The Morgan fingerprint density at radius 1 is 0.560 bits per heavy atom. The molecule has 0 aliphatic heterocycles. The molecule has 0 saturated heterocycles. The molecule has 0 aromatic carbocycles. The van der Waals surface area contributed by atoms with Crippen molar-refractivity contribution in [1.82, 2.24) is 9.13 Å². The fourth-order valence-corrected chi connectivity index (χ4v) is 7.71. The normalized spacial score (nSPS) is 13.4. The Kier molecular flexibility index (Phi) is 12.5. The summed E-state index contributed by atoms with van der Waals surface area (Å²) in [4.78, 5) is 0. The lowest BCUT2D eigenvalue weighted by Crippen LogP contribution is -2.72. The van der Waals surface area contributed by atoms with E-state index >= 15 is 0 Å². The molecule has 25 heavy (non-hydrogen) atoms. The summed E-state index contributed by atoms with van der Waals surface area (Å²) in [6.45, 7) is 28.0. The molecular formula is C20H46N2O2Si. The van der Waals surface area contributed by atoms with Crippen LogP contribution in [0.25, 0.3) is 0 Å². The molecule has 0 unspecified atom stereocenters. The summed E-state index contributed by atoms with van der Waals surface area (Å²) in [6.07, 6.45) is 0. The molecule has 0 aliphatic rings. The van der Waals surface area contributed by atoms with Crippen molar-refractivity contribution in [3.05, 3.63) is 0 Å². The Labute approximate surface area is 159 Å². The lowest BCUT2D eigenvalue weighted by atomic mass is 10.2. The van der Waals surface area contributed by atoms with E-state index in [0.717, 1.165) is 26.2 Å². The van der Waals surface area contributed by atoms with Crippen LogP contribution in [0.2, 0.25) is 0 Å². The molecule has 5 heteroatoms. The van der Waals surface area contributed by atoms with Gasteiger partial charge in [-0.2, -0.15) is 0 Å². The topological polar surface area (TPSA) is 24.9 Å². The molecule has 0 radical (unpaired) electrons. The van der Waals surface area contributed by atoms with Gasteiger partial charge in [0.25, 0.3) is 0 Å². The van der Waals surface area contributed by atoms with Crippen LogP contribution in [-0.4, -0.2) is 57.4 Å². The first kappa shape index (κ1) is 25.1. The van der Waals surface area contributed by atoms with Gasteiger partial charge in [-0.3, -0.25) is 9.13 Å². The average Bonchev–Trinajstić information content (AvgIpc) is 2.43. The van der Waals surface area contributed by atoms with E-state index in [0.29, 0.717) is 36.9 Å².